The van der Waals surface area contributed by atoms with Gasteiger partial charge in [0.2, 0.25) is 0 Å². The number of hydrogen-bond acceptors (Lipinski definition) is 8. The first-order chi connectivity index (χ1) is 16.8. The Labute approximate surface area is 200 Å². The number of nitrogens with zero attached hydrogens (tertiary/aromatic N) is 2. The third-order valence-electron chi connectivity index (χ3n) is 4.97. The van der Waals surface area contributed by atoms with Crippen LogP contribution in [-0.4, -0.2) is 48.3 Å². The summed E-state index contributed by atoms with van der Waals surface area (Å²) in [4.78, 5) is 53.3. The smallest absolute Gasteiger partial charge is 0.331 e. The van der Waals surface area contributed by atoms with Crippen LogP contribution in [0.3, 0.4) is 0 Å². The van der Waals surface area contributed by atoms with E-state index >= 15 is 0 Å². The zero-order valence-corrected chi connectivity index (χ0v) is 19.4. The number of carbonyl (C=O) groups is 2. The summed E-state index contributed by atoms with van der Waals surface area (Å²) in [5, 5.41) is 0. The minimum atomic E-state index is -0.847. The van der Waals surface area contributed by atoms with Crippen LogP contribution < -0.4 is 21.9 Å². The molecule has 0 spiro atoms. The zero-order chi connectivity index (χ0) is 25.4. The number of nitrogens with two attached hydrogens (primary N) is 1. The highest BCUT2D eigenvalue weighted by Gasteiger charge is 2.25. The summed E-state index contributed by atoms with van der Waals surface area (Å²) in [6, 6.07) is 12.4. The predicted octanol–water partition coefficient (Wildman–Crippen LogP) is 1.30. The molecular weight excluding hydrogens is 456 g/mol. The van der Waals surface area contributed by atoms with E-state index in [1.165, 1.54) is 13.2 Å². The van der Waals surface area contributed by atoms with Gasteiger partial charge in [-0.15, -0.1) is 0 Å². The summed E-state index contributed by atoms with van der Waals surface area (Å²) in [5.41, 5.74) is 5.16. The highest BCUT2D eigenvalue weighted by atomic mass is 16.5. The number of nitrogen functional groups attached to an aromatic ring is 1. The van der Waals surface area contributed by atoms with E-state index in [-0.39, 0.29) is 31.2 Å². The van der Waals surface area contributed by atoms with Gasteiger partial charge in [-0.3, -0.25) is 24.0 Å². The van der Waals surface area contributed by atoms with Crippen LogP contribution in [0.1, 0.15) is 17.1 Å². The molecule has 11 nitrogen and oxygen atoms in total. The van der Waals surface area contributed by atoms with Crippen LogP contribution in [0, 0.1) is 6.92 Å². The van der Waals surface area contributed by atoms with Crippen molar-refractivity contribution in [2.45, 2.75) is 13.5 Å². The normalized spacial score (nSPS) is 11.0. The fraction of sp³-hybridized carbons (Fsp3) is 0.250. The number of aromatic nitrogens is 2. The van der Waals surface area contributed by atoms with Gasteiger partial charge in [0.15, 0.2) is 12.3 Å². The second kappa shape index (κ2) is 11.7. The van der Waals surface area contributed by atoms with Gasteiger partial charge >= 0.3 is 11.7 Å². The number of ether oxygens (including phenoxy) is 2. The first-order valence-electron chi connectivity index (χ1n) is 10.7. The number of nitrogens with one attached hydrogen (secondary N) is 1. The quantitative estimate of drug-likeness (QED) is 0.324. The van der Waals surface area contributed by atoms with Crippen molar-refractivity contribution in [3.63, 3.8) is 0 Å². The Morgan fingerprint density at radius 2 is 1.91 bits per heavy atom. The Morgan fingerprint density at radius 1 is 1.17 bits per heavy atom. The Balaban J connectivity index is 1.82. The second-order valence-corrected chi connectivity index (χ2v) is 7.49. The van der Waals surface area contributed by atoms with Crippen LogP contribution in [0.2, 0.25) is 0 Å². The van der Waals surface area contributed by atoms with Gasteiger partial charge in [0.1, 0.15) is 17.3 Å². The van der Waals surface area contributed by atoms with E-state index in [1.54, 1.807) is 43.3 Å². The molecule has 0 bridgehead atoms. The molecular formula is C24H26N4O7. The van der Waals surface area contributed by atoms with E-state index in [9.17, 15) is 19.2 Å². The molecule has 0 aliphatic carbocycles. The first-order valence-corrected chi connectivity index (χ1v) is 10.7. The Kier molecular flexibility index (Phi) is 8.41. The molecule has 2 aromatic heterocycles. The molecule has 2 heterocycles. The fourth-order valence-electron chi connectivity index (χ4n) is 3.26. The molecule has 11 heteroatoms. The van der Waals surface area contributed by atoms with E-state index in [1.807, 2.05) is 6.07 Å². The molecule has 35 heavy (non-hydrogen) atoms. The maximum atomic E-state index is 12.9. The van der Waals surface area contributed by atoms with Crippen molar-refractivity contribution in [1.82, 2.24) is 9.55 Å². The highest BCUT2D eigenvalue weighted by molar-refractivity contribution is 5.98. The minimum Gasteiger partial charge on any atom is -0.462 e. The molecule has 0 radical (unpaired) electrons. The van der Waals surface area contributed by atoms with Crippen LogP contribution in [-0.2, 0) is 25.6 Å². The summed E-state index contributed by atoms with van der Waals surface area (Å²) in [5.74, 6) is -0.577. The number of methoxy groups -OCH3 is 1. The number of anilines is 2. The lowest BCUT2D eigenvalue weighted by atomic mass is 10.2. The van der Waals surface area contributed by atoms with Crippen molar-refractivity contribution in [2.24, 2.45) is 0 Å². The van der Waals surface area contributed by atoms with Crippen molar-refractivity contribution in [3.05, 3.63) is 86.5 Å². The Hall–Kier alpha value is -4.38. The molecule has 0 aliphatic rings. The predicted molar refractivity (Wildman–Crippen MR) is 129 cm³/mol. The van der Waals surface area contributed by atoms with Crippen molar-refractivity contribution in [2.75, 3.05) is 37.5 Å². The number of rotatable bonds is 10. The average Bonchev–Trinajstić information content (AvgIpc) is 3.26. The number of esters is 1. The van der Waals surface area contributed by atoms with Crippen LogP contribution in [0.15, 0.2) is 62.5 Å². The van der Waals surface area contributed by atoms with Crippen molar-refractivity contribution < 1.29 is 23.5 Å². The Bertz CT molecular complexity index is 1320. The van der Waals surface area contributed by atoms with Crippen LogP contribution in [0.25, 0.3) is 6.08 Å². The van der Waals surface area contributed by atoms with E-state index in [0.717, 1.165) is 21.1 Å². The molecule has 0 fully saturated rings. The number of H-pyrrole nitrogens is 1. The molecule has 0 saturated carbocycles. The Morgan fingerprint density at radius 3 is 2.57 bits per heavy atom. The molecule has 0 aliphatic heterocycles. The van der Waals surface area contributed by atoms with E-state index in [2.05, 4.69) is 4.98 Å². The molecule has 0 unspecified atom stereocenters. The van der Waals surface area contributed by atoms with Gasteiger partial charge in [-0.25, -0.2) is 9.59 Å². The topological polar surface area (TPSA) is 150 Å². The molecule has 3 N–H and O–H groups in total. The highest BCUT2D eigenvalue weighted by Crippen LogP contribution is 2.18. The van der Waals surface area contributed by atoms with Crippen LogP contribution >= 0.6 is 0 Å². The monoisotopic (exact) mass is 482 g/mol. The van der Waals surface area contributed by atoms with Gasteiger partial charge in [-0.1, -0.05) is 30.3 Å². The van der Waals surface area contributed by atoms with Crippen molar-refractivity contribution in [3.8, 4) is 0 Å². The summed E-state index contributed by atoms with van der Waals surface area (Å²) >= 11 is 0. The standard InChI is InChI=1S/C24H26N4O7/c1-16-8-9-18(35-16)10-11-20(30)34-15-19(29)27(12-13-33-2)21-22(25)28(24(32)26-23(21)31)14-17-6-4-3-5-7-17/h3-11H,12-15,25H2,1-2H3,(H,26,31,32)/b11-10+. The van der Waals surface area contributed by atoms with Crippen molar-refractivity contribution in [1.29, 1.82) is 0 Å². The molecule has 0 saturated heterocycles. The molecule has 1 aromatic carbocycles. The number of hydrogen-bond donors (Lipinski definition) is 2. The summed E-state index contributed by atoms with van der Waals surface area (Å²) < 4.78 is 16.5. The van der Waals surface area contributed by atoms with Gasteiger partial charge in [0.05, 0.1) is 13.2 Å². The third-order valence-corrected chi connectivity index (χ3v) is 4.97. The summed E-state index contributed by atoms with van der Waals surface area (Å²) in [6.45, 7) is 1.17. The van der Waals surface area contributed by atoms with Gasteiger partial charge in [-0.05, 0) is 30.7 Å². The maximum Gasteiger partial charge on any atom is 0.331 e. The number of benzene rings is 1. The maximum absolute atomic E-state index is 12.9. The van der Waals surface area contributed by atoms with Crippen molar-refractivity contribution >= 4 is 29.5 Å². The molecule has 1 amide bonds. The average molecular weight is 482 g/mol. The summed E-state index contributed by atoms with van der Waals surface area (Å²) in [6.07, 6.45) is 2.52. The second-order valence-electron chi connectivity index (χ2n) is 7.49. The largest absolute Gasteiger partial charge is 0.462 e. The fourth-order valence-corrected chi connectivity index (χ4v) is 3.26. The molecule has 184 valence electrons. The minimum absolute atomic E-state index is 0.0636. The van der Waals surface area contributed by atoms with Crippen LogP contribution in [0.4, 0.5) is 11.5 Å². The molecule has 3 aromatic rings. The zero-order valence-electron chi connectivity index (χ0n) is 19.4. The lowest BCUT2D eigenvalue weighted by molar-refractivity contribution is -0.142. The van der Waals surface area contributed by atoms with E-state index < -0.39 is 29.7 Å². The lowest BCUT2D eigenvalue weighted by Gasteiger charge is -2.24. The number of furan rings is 1. The van der Waals surface area contributed by atoms with Gasteiger partial charge in [0.25, 0.3) is 11.5 Å². The van der Waals surface area contributed by atoms with Gasteiger partial charge in [-0.2, -0.15) is 0 Å². The van der Waals surface area contributed by atoms with Gasteiger partial charge < -0.3 is 19.6 Å². The van der Waals surface area contributed by atoms with Crippen LogP contribution in [0.5, 0.6) is 0 Å². The first kappa shape index (κ1) is 25.2. The molecule has 0 atom stereocenters. The lowest BCUT2D eigenvalue weighted by Crippen LogP contribution is -2.44. The number of aryl methyl sites for hydroxylation is 1. The van der Waals surface area contributed by atoms with E-state index in [4.69, 9.17) is 19.6 Å². The number of carbonyl (C=O) groups excluding carboxylic acids is 2. The van der Waals surface area contributed by atoms with E-state index in [0.29, 0.717) is 11.5 Å². The number of aromatic amines is 1. The number of amides is 1. The summed E-state index contributed by atoms with van der Waals surface area (Å²) in [7, 11) is 1.42. The van der Waals surface area contributed by atoms with Gasteiger partial charge in [0, 0.05) is 19.7 Å². The third kappa shape index (κ3) is 6.58. The molecule has 3 rings (SSSR count). The SMILES string of the molecule is COCCN(C(=O)COC(=O)/C=C/c1ccc(C)o1)c1c(N)n(Cc2ccccc2)c(=O)[nH]c1=O.